The molecule has 1 heterocycles. The molecular formula is C14H20N2O3. The fourth-order valence-corrected chi connectivity index (χ4v) is 2.62. The van der Waals surface area contributed by atoms with E-state index in [1.165, 1.54) is 4.90 Å². The number of ether oxygens (including phenoxy) is 1. The highest BCUT2D eigenvalue weighted by molar-refractivity contribution is 5.94. The molecule has 2 unspecified atom stereocenters. The van der Waals surface area contributed by atoms with Gasteiger partial charge >= 0.3 is 6.09 Å². The van der Waals surface area contributed by atoms with Crippen LogP contribution in [0.5, 0.6) is 0 Å². The van der Waals surface area contributed by atoms with Gasteiger partial charge < -0.3 is 4.74 Å². The van der Waals surface area contributed by atoms with Crippen molar-refractivity contribution in [2.75, 3.05) is 6.54 Å². The second-order valence-electron chi connectivity index (χ2n) is 6.35. The minimum atomic E-state index is -0.696. The molecule has 5 heteroatoms. The van der Waals surface area contributed by atoms with Crippen molar-refractivity contribution in [1.29, 1.82) is 5.26 Å². The lowest BCUT2D eigenvalue weighted by Crippen LogP contribution is -2.47. The Hall–Kier alpha value is -1.57. The molecule has 19 heavy (non-hydrogen) atoms. The highest BCUT2D eigenvalue weighted by Gasteiger charge is 2.49. The third-order valence-electron chi connectivity index (χ3n) is 3.73. The van der Waals surface area contributed by atoms with Crippen LogP contribution in [-0.2, 0) is 9.53 Å². The second-order valence-corrected chi connectivity index (χ2v) is 6.35. The molecule has 104 valence electrons. The SMILES string of the molecule is CC(C)(C)OC(=O)N1CC(C#N)C(=O)C1C1CCC1. The summed E-state index contributed by atoms with van der Waals surface area (Å²) < 4.78 is 5.34. The zero-order valence-corrected chi connectivity index (χ0v) is 11.7. The third-order valence-corrected chi connectivity index (χ3v) is 3.73. The second kappa shape index (κ2) is 4.84. The van der Waals surface area contributed by atoms with E-state index in [9.17, 15) is 9.59 Å². The summed E-state index contributed by atoms with van der Waals surface area (Å²) in [6, 6.07) is 1.54. The van der Waals surface area contributed by atoms with E-state index in [1.54, 1.807) is 20.8 Å². The van der Waals surface area contributed by atoms with E-state index in [4.69, 9.17) is 10.00 Å². The summed E-state index contributed by atoms with van der Waals surface area (Å²) in [6.45, 7) is 5.56. The molecule has 0 bridgehead atoms. The first-order valence-electron chi connectivity index (χ1n) is 6.76. The maximum Gasteiger partial charge on any atom is 0.410 e. The topological polar surface area (TPSA) is 70.4 Å². The monoisotopic (exact) mass is 264 g/mol. The Bertz CT molecular complexity index is 429. The van der Waals surface area contributed by atoms with Crippen LogP contribution in [-0.4, -0.2) is 35.0 Å². The lowest BCUT2D eigenvalue weighted by Gasteiger charge is -2.36. The standard InChI is InChI=1S/C14H20N2O3/c1-14(2,3)19-13(18)16-8-10(7-15)12(17)11(16)9-5-4-6-9/h9-11H,4-6,8H2,1-3H3. The summed E-state index contributed by atoms with van der Waals surface area (Å²) in [6.07, 6.45) is 2.52. The predicted molar refractivity (Wildman–Crippen MR) is 68.2 cm³/mol. The minimum absolute atomic E-state index is 0.113. The fraction of sp³-hybridized carbons (Fsp3) is 0.786. The van der Waals surface area contributed by atoms with Crippen LogP contribution >= 0.6 is 0 Å². The molecule has 1 saturated heterocycles. The molecule has 1 amide bonds. The smallest absolute Gasteiger partial charge is 0.410 e. The number of ketones is 1. The molecular weight excluding hydrogens is 244 g/mol. The molecule has 5 nitrogen and oxygen atoms in total. The largest absolute Gasteiger partial charge is 0.444 e. The van der Waals surface area contributed by atoms with Crippen molar-refractivity contribution in [2.24, 2.45) is 11.8 Å². The van der Waals surface area contributed by atoms with Gasteiger partial charge in [0.05, 0.1) is 12.1 Å². The summed E-state index contributed by atoms with van der Waals surface area (Å²) in [5, 5.41) is 9.01. The summed E-state index contributed by atoms with van der Waals surface area (Å²) in [5.74, 6) is -0.602. The van der Waals surface area contributed by atoms with E-state index >= 15 is 0 Å². The lowest BCUT2D eigenvalue weighted by atomic mass is 9.77. The number of Topliss-reactive ketones (excluding diaryl/α,β-unsaturated/α-hetero) is 1. The van der Waals surface area contributed by atoms with Crippen molar-refractivity contribution in [3.63, 3.8) is 0 Å². The average Bonchev–Trinajstić information content (AvgIpc) is 2.52. The molecule has 2 aliphatic rings. The highest BCUT2D eigenvalue weighted by Crippen LogP contribution is 2.37. The van der Waals surface area contributed by atoms with Crippen molar-refractivity contribution in [3.8, 4) is 6.07 Å². The van der Waals surface area contributed by atoms with Gasteiger partial charge in [-0.3, -0.25) is 9.69 Å². The minimum Gasteiger partial charge on any atom is -0.444 e. The molecule has 1 aliphatic carbocycles. The lowest BCUT2D eigenvalue weighted by molar-refractivity contribution is -0.123. The van der Waals surface area contributed by atoms with Gasteiger partial charge in [-0.05, 0) is 39.5 Å². The normalized spacial score (nSPS) is 27.9. The van der Waals surface area contributed by atoms with Crippen LogP contribution in [0.2, 0.25) is 0 Å². The van der Waals surface area contributed by atoms with E-state index in [2.05, 4.69) is 0 Å². The number of hydrogen-bond donors (Lipinski definition) is 0. The molecule has 0 aromatic carbocycles. The number of amides is 1. The molecule has 2 rings (SSSR count). The first-order chi connectivity index (χ1) is 8.83. The average molecular weight is 264 g/mol. The number of nitrogens with zero attached hydrogens (tertiary/aromatic N) is 2. The van der Waals surface area contributed by atoms with Crippen LogP contribution in [0, 0.1) is 23.2 Å². The van der Waals surface area contributed by atoms with Gasteiger partial charge in [0.15, 0.2) is 5.78 Å². The van der Waals surface area contributed by atoms with Crippen molar-refractivity contribution >= 4 is 11.9 Å². The van der Waals surface area contributed by atoms with Gasteiger partial charge in [-0.2, -0.15) is 5.26 Å². The Balaban J connectivity index is 2.15. The van der Waals surface area contributed by atoms with Crippen LogP contribution < -0.4 is 0 Å². The van der Waals surface area contributed by atoms with Gasteiger partial charge in [0.1, 0.15) is 11.5 Å². The molecule has 0 aromatic heterocycles. The van der Waals surface area contributed by atoms with Crippen LogP contribution in [0.1, 0.15) is 40.0 Å². The molecule has 0 spiro atoms. The van der Waals surface area contributed by atoms with E-state index in [0.717, 1.165) is 19.3 Å². The zero-order valence-electron chi connectivity index (χ0n) is 11.7. The summed E-state index contributed by atoms with van der Waals surface area (Å²) in [5.41, 5.74) is -0.588. The van der Waals surface area contributed by atoms with Crippen LogP contribution in [0.25, 0.3) is 0 Å². The molecule has 1 saturated carbocycles. The van der Waals surface area contributed by atoms with Crippen LogP contribution in [0.3, 0.4) is 0 Å². The van der Waals surface area contributed by atoms with Gasteiger partial charge in [-0.1, -0.05) is 6.42 Å². The Kier molecular flexibility index (Phi) is 3.53. The maximum absolute atomic E-state index is 12.2. The Labute approximate surface area is 113 Å². The Morgan fingerprint density at radius 2 is 2.05 bits per heavy atom. The number of nitriles is 1. The van der Waals surface area contributed by atoms with Crippen molar-refractivity contribution in [3.05, 3.63) is 0 Å². The quantitative estimate of drug-likeness (QED) is 0.727. The van der Waals surface area contributed by atoms with Crippen molar-refractivity contribution < 1.29 is 14.3 Å². The number of rotatable bonds is 1. The number of carbonyl (C=O) groups excluding carboxylic acids is 2. The highest BCUT2D eigenvalue weighted by atomic mass is 16.6. The number of likely N-dealkylation sites (tertiary alicyclic amines) is 1. The molecule has 0 radical (unpaired) electrons. The molecule has 1 aliphatic heterocycles. The van der Waals surface area contributed by atoms with Crippen LogP contribution in [0.4, 0.5) is 4.79 Å². The predicted octanol–water partition coefficient (Wildman–Crippen LogP) is 2.11. The zero-order chi connectivity index (χ0) is 14.2. The summed E-state index contributed by atoms with van der Waals surface area (Å²) >= 11 is 0. The van der Waals surface area contributed by atoms with Gasteiger partial charge in [0.25, 0.3) is 0 Å². The molecule has 0 N–H and O–H groups in total. The molecule has 0 aromatic rings. The number of hydrogen-bond acceptors (Lipinski definition) is 4. The number of carbonyl (C=O) groups is 2. The van der Waals surface area contributed by atoms with Gasteiger partial charge in [-0.25, -0.2) is 4.79 Å². The van der Waals surface area contributed by atoms with E-state index in [1.807, 2.05) is 6.07 Å². The molecule has 2 atom stereocenters. The van der Waals surface area contributed by atoms with Gasteiger partial charge in [0.2, 0.25) is 0 Å². The molecule has 2 fully saturated rings. The maximum atomic E-state index is 12.2. The van der Waals surface area contributed by atoms with Crippen molar-refractivity contribution in [2.45, 2.75) is 51.7 Å². The van der Waals surface area contributed by atoms with E-state index in [0.29, 0.717) is 0 Å². The van der Waals surface area contributed by atoms with E-state index in [-0.39, 0.29) is 18.2 Å². The third kappa shape index (κ3) is 2.73. The van der Waals surface area contributed by atoms with Gasteiger partial charge in [0, 0.05) is 6.54 Å². The first-order valence-corrected chi connectivity index (χ1v) is 6.76. The Morgan fingerprint density at radius 1 is 1.42 bits per heavy atom. The first kappa shape index (κ1) is 13.9. The summed E-state index contributed by atoms with van der Waals surface area (Å²) in [4.78, 5) is 25.8. The Morgan fingerprint density at radius 3 is 2.47 bits per heavy atom. The van der Waals surface area contributed by atoms with E-state index < -0.39 is 23.7 Å². The van der Waals surface area contributed by atoms with Crippen LogP contribution in [0.15, 0.2) is 0 Å². The summed E-state index contributed by atoms with van der Waals surface area (Å²) in [7, 11) is 0. The fourth-order valence-electron chi connectivity index (χ4n) is 2.62. The van der Waals surface area contributed by atoms with Crippen molar-refractivity contribution in [1.82, 2.24) is 4.90 Å². The van der Waals surface area contributed by atoms with Gasteiger partial charge in [-0.15, -0.1) is 0 Å².